The van der Waals surface area contributed by atoms with E-state index in [1.54, 1.807) is 6.07 Å². The number of carboxylic acid groups (broad SMARTS) is 2. The van der Waals surface area contributed by atoms with Crippen molar-refractivity contribution in [3.63, 3.8) is 0 Å². The number of hydrogen-bond acceptors (Lipinski definition) is 9. The monoisotopic (exact) mass is 555 g/mol. The summed E-state index contributed by atoms with van der Waals surface area (Å²) in [6, 6.07) is 1.64. The van der Waals surface area contributed by atoms with Crippen LogP contribution in [0.4, 0.5) is 5.69 Å². The number of nitrogens with one attached hydrogen (secondary N) is 1. The summed E-state index contributed by atoms with van der Waals surface area (Å²) in [5, 5.41) is 36.1. The van der Waals surface area contributed by atoms with Crippen LogP contribution in [-0.2, 0) is 20.7 Å². The molecule has 7 N–H and O–H groups in total. The lowest BCUT2D eigenvalue weighted by Gasteiger charge is -2.28. The number of benzene rings is 1. The van der Waals surface area contributed by atoms with Crippen molar-refractivity contribution in [2.75, 3.05) is 51.7 Å². The molecule has 12 nitrogen and oxygen atoms in total. The lowest BCUT2D eigenvalue weighted by atomic mass is 9.99. The number of amides is 1. The van der Waals surface area contributed by atoms with Gasteiger partial charge in [-0.1, -0.05) is 11.6 Å². The Morgan fingerprint density at radius 1 is 1.08 bits per heavy atom. The number of nitrogens with two attached hydrogens (primary N) is 1. The van der Waals surface area contributed by atoms with E-state index in [0.29, 0.717) is 41.0 Å². The van der Waals surface area contributed by atoms with Crippen LogP contribution in [-0.4, -0.2) is 101 Å². The first-order valence-electron chi connectivity index (χ1n) is 12.7. The molecular formula is C25H34ClN3O9. The smallest absolute Gasteiger partial charge is 0.335 e. The van der Waals surface area contributed by atoms with Crippen molar-refractivity contribution >= 4 is 35.1 Å². The van der Waals surface area contributed by atoms with Crippen LogP contribution in [0.15, 0.2) is 6.07 Å². The summed E-state index contributed by atoms with van der Waals surface area (Å²) >= 11 is 6.22. The van der Waals surface area contributed by atoms with E-state index in [1.807, 2.05) is 0 Å². The minimum Gasteiger partial charge on any atom is -0.492 e. The SMILES string of the molecule is Nc1c(Cl)cc(C(=O)NCC2C3CN(CC4CCOCC4)CC23)c2c1CCO2.O=C(O)[C@H](O)[C@@H](O)C(=O)O. The average molecular weight is 556 g/mol. The van der Waals surface area contributed by atoms with E-state index in [0.717, 1.165) is 43.1 Å². The molecule has 2 unspecified atom stereocenters. The molecule has 4 aliphatic rings. The Labute approximate surface area is 224 Å². The first kappa shape index (κ1) is 28.4. The fourth-order valence-corrected chi connectivity index (χ4v) is 5.82. The minimum absolute atomic E-state index is 0.107. The zero-order chi connectivity index (χ0) is 27.6. The Balaban J connectivity index is 0.000000289. The maximum atomic E-state index is 12.7. The number of nitrogen functional groups attached to an aromatic ring is 1. The van der Waals surface area contributed by atoms with Gasteiger partial charge in [0, 0.05) is 51.4 Å². The van der Waals surface area contributed by atoms with Crippen LogP contribution in [0.2, 0.25) is 5.02 Å². The van der Waals surface area contributed by atoms with Crippen molar-refractivity contribution < 1.29 is 44.3 Å². The lowest BCUT2D eigenvalue weighted by molar-refractivity contribution is -0.165. The number of aliphatic hydroxyl groups is 2. The molecule has 5 rings (SSSR count). The molecule has 13 heteroatoms. The fraction of sp³-hybridized carbons (Fsp3) is 0.640. The number of carboxylic acids is 2. The normalized spacial score (nSPS) is 25.7. The zero-order valence-corrected chi connectivity index (χ0v) is 21.6. The van der Waals surface area contributed by atoms with Crippen LogP contribution in [0.1, 0.15) is 28.8 Å². The zero-order valence-electron chi connectivity index (χ0n) is 20.8. The van der Waals surface area contributed by atoms with Gasteiger partial charge in [0.25, 0.3) is 5.91 Å². The third-order valence-electron chi connectivity index (χ3n) is 7.82. The highest BCUT2D eigenvalue weighted by molar-refractivity contribution is 6.33. The van der Waals surface area contributed by atoms with Gasteiger partial charge in [-0.25, -0.2) is 9.59 Å². The van der Waals surface area contributed by atoms with Gasteiger partial charge in [0.1, 0.15) is 5.75 Å². The van der Waals surface area contributed by atoms with E-state index in [4.69, 9.17) is 47.2 Å². The molecule has 3 fully saturated rings. The Morgan fingerprint density at radius 2 is 1.68 bits per heavy atom. The number of carbonyl (C=O) groups excluding carboxylic acids is 1. The Bertz CT molecular complexity index is 1040. The average Bonchev–Trinajstić information content (AvgIpc) is 3.23. The quantitative estimate of drug-likeness (QED) is 0.238. The number of nitrogens with zero attached hydrogens (tertiary/aromatic N) is 1. The summed E-state index contributed by atoms with van der Waals surface area (Å²) in [4.78, 5) is 34.9. The molecule has 1 aliphatic carbocycles. The van der Waals surface area contributed by atoms with E-state index >= 15 is 0 Å². The van der Waals surface area contributed by atoms with E-state index in [-0.39, 0.29) is 5.91 Å². The van der Waals surface area contributed by atoms with Gasteiger partial charge in [0.05, 0.1) is 22.9 Å². The predicted molar refractivity (Wildman–Crippen MR) is 135 cm³/mol. The first-order valence-corrected chi connectivity index (χ1v) is 13.1. The Morgan fingerprint density at radius 3 is 2.26 bits per heavy atom. The molecule has 3 aliphatic heterocycles. The summed E-state index contributed by atoms with van der Waals surface area (Å²) in [7, 11) is 0. The molecule has 2 saturated heterocycles. The van der Waals surface area contributed by atoms with Crippen LogP contribution < -0.4 is 15.8 Å². The number of hydrogen-bond donors (Lipinski definition) is 6. The molecule has 38 heavy (non-hydrogen) atoms. The van der Waals surface area contributed by atoms with Crippen molar-refractivity contribution in [3.8, 4) is 5.75 Å². The molecule has 0 bridgehead atoms. The van der Waals surface area contributed by atoms with Crippen molar-refractivity contribution in [2.24, 2.45) is 23.7 Å². The van der Waals surface area contributed by atoms with Gasteiger partial charge in [-0.3, -0.25) is 4.79 Å². The molecule has 3 heterocycles. The number of aliphatic carboxylic acids is 2. The molecule has 4 atom stereocenters. The summed E-state index contributed by atoms with van der Waals surface area (Å²) in [5.41, 5.74) is 7.93. The number of ether oxygens (including phenoxy) is 2. The largest absolute Gasteiger partial charge is 0.492 e. The maximum absolute atomic E-state index is 12.7. The summed E-state index contributed by atoms with van der Waals surface area (Å²) in [6.07, 6.45) is -1.43. The van der Waals surface area contributed by atoms with Crippen molar-refractivity contribution in [3.05, 3.63) is 22.2 Å². The summed E-state index contributed by atoms with van der Waals surface area (Å²) in [6.45, 7) is 6.68. The minimum atomic E-state index is -2.27. The van der Waals surface area contributed by atoms with E-state index in [1.165, 1.54) is 32.5 Å². The number of aliphatic hydroxyl groups excluding tert-OH is 2. The Hall–Kier alpha value is -2.64. The third kappa shape index (κ3) is 6.32. The maximum Gasteiger partial charge on any atom is 0.335 e. The van der Waals surface area contributed by atoms with Crippen LogP contribution >= 0.6 is 11.6 Å². The van der Waals surface area contributed by atoms with Crippen molar-refractivity contribution in [2.45, 2.75) is 31.5 Å². The summed E-state index contributed by atoms with van der Waals surface area (Å²) < 4.78 is 11.1. The van der Waals surface area contributed by atoms with E-state index < -0.39 is 24.1 Å². The van der Waals surface area contributed by atoms with Gasteiger partial charge in [-0.15, -0.1) is 0 Å². The molecule has 0 spiro atoms. The van der Waals surface area contributed by atoms with E-state index in [9.17, 15) is 14.4 Å². The molecule has 0 aromatic heterocycles. The van der Waals surface area contributed by atoms with Crippen LogP contribution in [0.25, 0.3) is 0 Å². The van der Waals surface area contributed by atoms with Gasteiger partial charge in [0.15, 0.2) is 12.2 Å². The highest BCUT2D eigenvalue weighted by Crippen LogP contribution is 2.51. The van der Waals surface area contributed by atoms with Gasteiger partial charge < -0.3 is 45.9 Å². The number of carbonyl (C=O) groups is 3. The topological polar surface area (TPSA) is 192 Å². The standard InChI is InChI=1S/C21H28ClN3O3.C4H6O6/c22-18-7-14(20-13(19(18)23)3-6-28-20)21(26)24-8-15-16-10-25(11-17(15)16)9-12-1-4-27-5-2-12;5-1(3(7)8)2(6)4(9)10/h7,12,15-17H,1-6,8-11,23H2,(H,24,26);1-2,5-6H,(H,7,8)(H,9,10)/t;1-,2-/m.1/s1. The molecular weight excluding hydrogens is 522 g/mol. The molecule has 1 saturated carbocycles. The van der Waals surface area contributed by atoms with Gasteiger partial charge in [-0.2, -0.15) is 0 Å². The number of rotatable bonds is 8. The second kappa shape index (κ2) is 12.0. The van der Waals surface area contributed by atoms with Crippen molar-refractivity contribution in [1.29, 1.82) is 0 Å². The van der Waals surface area contributed by atoms with Gasteiger partial charge in [-0.05, 0) is 42.6 Å². The predicted octanol–water partition coefficient (Wildman–Crippen LogP) is 0.0687. The fourth-order valence-electron chi connectivity index (χ4n) is 5.59. The van der Waals surface area contributed by atoms with Crippen LogP contribution in [0.3, 0.4) is 0 Å². The third-order valence-corrected chi connectivity index (χ3v) is 8.14. The highest BCUT2D eigenvalue weighted by atomic mass is 35.5. The number of fused-ring (bicyclic) bond motifs is 2. The Kier molecular flexibility index (Phi) is 8.99. The molecule has 0 radical (unpaired) electrons. The number of piperidine rings is 1. The van der Waals surface area contributed by atoms with Crippen LogP contribution in [0.5, 0.6) is 5.75 Å². The highest BCUT2D eigenvalue weighted by Gasteiger charge is 2.55. The van der Waals surface area contributed by atoms with Crippen molar-refractivity contribution in [1.82, 2.24) is 10.2 Å². The van der Waals surface area contributed by atoms with E-state index in [2.05, 4.69) is 10.2 Å². The number of halogens is 1. The second-order valence-electron chi connectivity index (χ2n) is 10.3. The molecule has 1 amide bonds. The number of anilines is 1. The molecule has 1 aromatic rings. The number of likely N-dealkylation sites (tertiary alicyclic amines) is 1. The van der Waals surface area contributed by atoms with Gasteiger partial charge in [0.2, 0.25) is 0 Å². The van der Waals surface area contributed by atoms with Crippen LogP contribution in [0, 0.1) is 23.7 Å². The first-order chi connectivity index (χ1) is 18.1. The van der Waals surface area contributed by atoms with Gasteiger partial charge >= 0.3 is 11.9 Å². The lowest BCUT2D eigenvalue weighted by Crippen LogP contribution is -2.39. The summed E-state index contributed by atoms with van der Waals surface area (Å²) in [5.74, 6) is -0.170. The second-order valence-corrected chi connectivity index (χ2v) is 10.7. The molecule has 1 aromatic carbocycles. The molecule has 210 valence electrons.